The molecule has 1 saturated heterocycles. The lowest BCUT2D eigenvalue weighted by molar-refractivity contribution is -0.108. The minimum absolute atomic E-state index is 0.0132. The Labute approximate surface area is 106 Å². The normalized spacial score (nSPS) is 24.1. The summed E-state index contributed by atoms with van der Waals surface area (Å²) in [5.41, 5.74) is -0.0937. The van der Waals surface area contributed by atoms with Crippen molar-refractivity contribution >= 4 is 12.2 Å². The van der Waals surface area contributed by atoms with Crippen molar-refractivity contribution in [1.82, 2.24) is 0 Å². The summed E-state index contributed by atoms with van der Waals surface area (Å²) in [5, 5.41) is 17.3. The zero-order valence-corrected chi connectivity index (χ0v) is 9.93. The summed E-state index contributed by atoms with van der Waals surface area (Å²) in [6.07, 6.45) is 1.50. The van der Waals surface area contributed by atoms with E-state index in [4.69, 9.17) is 10.1 Å². The van der Waals surface area contributed by atoms with Crippen LogP contribution in [0, 0.1) is 22.2 Å². The van der Waals surface area contributed by atoms with E-state index in [9.17, 15) is 10.1 Å². The molecule has 2 atom stereocenters. The molecule has 1 aromatic carbocycles. The molecule has 2 rings (SSSR count). The van der Waals surface area contributed by atoms with Crippen molar-refractivity contribution in [2.24, 2.45) is 5.41 Å². The number of hydrogen-bond acceptors (Lipinski definition) is 4. The van der Waals surface area contributed by atoms with Gasteiger partial charge < -0.3 is 9.53 Å². The summed E-state index contributed by atoms with van der Waals surface area (Å²) in [6.45, 7) is 0.370. The Balaban J connectivity index is 2.45. The second-order valence-electron chi connectivity index (χ2n) is 4.38. The van der Waals surface area contributed by atoms with E-state index >= 15 is 0 Å². The summed E-state index contributed by atoms with van der Waals surface area (Å²) in [4.78, 5) is 10.9. The SMILES string of the molecule is N#CC1(C(CC=O)c2ccccc2)CCOC1=N. The van der Waals surface area contributed by atoms with E-state index in [1.165, 1.54) is 0 Å². The minimum atomic E-state index is -0.998. The number of rotatable bonds is 4. The first-order valence-corrected chi connectivity index (χ1v) is 5.86. The van der Waals surface area contributed by atoms with Gasteiger partial charge in [-0.05, 0) is 5.56 Å². The van der Waals surface area contributed by atoms with Crippen LogP contribution in [0.15, 0.2) is 30.3 Å². The van der Waals surface area contributed by atoms with Crippen molar-refractivity contribution in [1.29, 1.82) is 10.7 Å². The first kappa shape index (κ1) is 12.3. The molecule has 0 aliphatic carbocycles. The lowest BCUT2D eigenvalue weighted by Crippen LogP contribution is -2.32. The fourth-order valence-corrected chi connectivity index (χ4v) is 2.48. The molecule has 0 saturated carbocycles. The van der Waals surface area contributed by atoms with E-state index in [-0.39, 0.29) is 18.2 Å². The van der Waals surface area contributed by atoms with Gasteiger partial charge in [-0.2, -0.15) is 5.26 Å². The predicted molar refractivity (Wildman–Crippen MR) is 66.2 cm³/mol. The molecule has 92 valence electrons. The summed E-state index contributed by atoms with van der Waals surface area (Å²) >= 11 is 0. The number of benzene rings is 1. The molecule has 1 heterocycles. The lowest BCUT2D eigenvalue weighted by atomic mass is 9.70. The Morgan fingerprint density at radius 1 is 1.50 bits per heavy atom. The summed E-state index contributed by atoms with van der Waals surface area (Å²) in [6, 6.07) is 11.6. The van der Waals surface area contributed by atoms with Crippen LogP contribution < -0.4 is 0 Å². The summed E-state index contributed by atoms with van der Waals surface area (Å²) < 4.78 is 5.15. The molecule has 1 fully saturated rings. The second-order valence-corrected chi connectivity index (χ2v) is 4.38. The quantitative estimate of drug-likeness (QED) is 0.823. The molecule has 0 radical (unpaired) electrons. The Morgan fingerprint density at radius 2 is 2.22 bits per heavy atom. The number of carbonyl (C=O) groups is 1. The molecule has 1 aliphatic rings. The van der Waals surface area contributed by atoms with Gasteiger partial charge in [-0.1, -0.05) is 30.3 Å². The van der Waals surface area contributed by atoms with Crippen LogP contribution in [-0.4, -0.2) is 18.8 Å². The van der Waals surface area contributed by atoms with E-state index < -0.39 is 5.41 Å². The van der Waals surface area contributed by atoms with Crippen molar-refractivity contribution < 1.29 is 9.53 Å². The standard InChI is InChI=1S/C14H14N2O2/c15-10-14(7-9-18-13(14)16)12(6-8-17)11-4-2-1-3-5-11/h1-5,8,12,16H,6-7,9H2. The highest BCUT2D eigenvalue weighted by atomic mass is 16.5. The van der Waals surface area contributed by atoms with E-state index in [0.29, 0.717) is 13.0 Å². The number of ether oxygens (including phenoxy) is 1. The van der Waals surface area contributed by atoms with Crippen molar-refractivity contribution in [3.8, 4) is 6.07 Å². The average Bonchev–Trinajstić information content (AvgIpc) is 2.79. The number of aldehydes is 1. The Hall–Kier alpha value is -2.15. The minimum Gasteiger partial charge on any atom is -0.480 e. The maximum atomic E-state index is 10.9. The highest BCUT2D eigenvalue weighted by Crippen LogP contribution is 2.44. The summed E-state index contributed by atoms with van der Waals surface area (Å²) in [7, 11) is 0. The van der Waals surface area contributed by atoms with Gasteiger partial charge in [-0.3, -0.25) is 5.41 Å². The zero-order chi connectivity index (χ0) is 13.0. The monoisotopic (exact) mass is 242 g/mol. The number of nitrogens with one attached hydrogen (secondary N) is 1. The van der Waals surface area contributed by atoms with Gasteiger partial charge >= 0.3 is 0 Å². The topological polar surface area (TPSA) is 73.9 Å². The van der Waals surface area contributed by atoms with Gasteiger partial charge in [-0.15, -0.1) is 0 Å². The Kier molecular flexibility index (Phi) is 3.42. The average molecular weight is 242 g/mol. The van der Waals surface area contributed by atoms with Gasteiger partial charge in [0, 0.05) is 18.8 Å². The molecule has 0 amide bonds. The lowest BCUT2D eigenvalue weighted by Gasteiger charge is -2.28. The van der Waals surface area contributed by atoms with E-state index in [2.05, 4.69) is 6.07 Å². The molecular weight excluding hydrogens is 228 g/mol. The molecule has 0 spiro atoms. The largest absolute Gasteiger partial charge is 0.480 e. The molecule has 1 N–H and O–H groups in total. The molecule has 0 aromatic heterocycles. The van der Waals surface area contributed by atoms with Crippen molar-refractivity contribution in [3.63, 3.8) is 0 Å². The zero-order valence-electron chi connectivity index (χ0n) is 9.93. The van der Waals surface area contributed by atoms with Crippen LogP contribution >= 0.6 is 0 Å². The van der Waals surface area contributed by atoms with E-state index in [1.54, 1.807) is 0 Å². The third kappa shape index (κ3) is 1.88. The number of carbonyl (C=O) groups excluding carboxylic acids is 1. The molecule has 0 bridgehead atoms. The van der Waals surface area contributed by atoms with Gasteiger partial charge in [0.15, 0.2) is 0 Å². The van der Waals surface area contributed by atoms with Crippen molar-refractivity contribution in [2.75, 3.05) is 6.61 Å². The van der Waals surface area contributed by atoms with Crippen LogP contribution in [0.2, 0.25) is 0 Å². The van der Waals surface area contributed by atoms with Crippen molar-refractivity contribution in [2.45, 2.75) is 18.8 Å². The highest BCUT2D eigenvalue weighted by molar-refractivity contribution is 5.86. The highest BCUT2D eigenvalue weighted by Gasteiger charge is 2.49. The molecule has 1 aliphatic heterocycles. The third-order valence-electron chi connectivity index (χ3n) is 3.48. The first-order valence-electron chi connectivity index (χ1n) is 5.86. The Bertz CT molecular complexity index is 492. The van der Waals surface area contributed by atoms with Crippen molar-refractivity contribution in [3.05, 3.63) is 35.9 Å². The van der Waals surface area contributed by atoms with Gasteiger partial charge in [0.1, 0.15) is 11.7 Å². The molecule has 4 heteroatoms. The molecule has 2 unspecified atom stereocenters. The van der Waals surface area contributed by atoms with Gasteiger partial charge in [0.05, 0.1) is 12.7 Å². The molecule has 1 aromatic rings. The number of nitrogens with zero attached hydrogens (tertiary/aromatic N) is 1. The second kappa shape index (κ2) is 5.01. The van der Waals surface area contributed by atoms with Gasteiger partial charge in [0.2, 0.25) is 5.90 Å². The number of hydrogen-bond donors (Lipinski definition) is 1. The summed E-state index contributed by atoms with van der Waals surface area (Å²) in [5.74, 6) is -0.322. The fourth-order valence-electron chi connectivity index (χ4n) is 2.48. The van der Waals surface area contributed by atoms with Crippen LogP contribution in [0.4, 0.5) is 0 Å². The first-order chi connectivity index (χ1) is 8.74. The van der Waals surface area contributed by atoms with Crippen LogP contribution in [0.25, 0.3) is 0 Å². The smallest absolute Gasteiger partial charge is 0.202 e. The fraction of sp³-hybridized carbons (Fsp3) is 0.357. The van der Waals surface area contributed by atoms with Crippen LogP contribution in [0.5, 0.6) is 0 Å². The Morgan fingerprint density at radius 3 is 2.72 bits per heavy atom. The molecule has 18 heavy (non-hydrogen) atoms. The van der Waals surface area contributed by atoms with Gasteiger partial charge in [-0.25, -0.2) is 0 Å². The molecular formula is C14H14N2O2. The number of nitriles is 1. The predicted octanol–water partition coefficient (Wildman–Crippen LogP) is 2.27. The van der Waals surface area contributed by atoms with Crippen LogP contribution in [0.3, 0.4) is 0 Å². The maximum Gasteiger partial charge on any atom is 0.202 e. The third-order valence-corrected chi connectivity index (χ3v) is 3.48. The van der Waals surface area contributed by atoms with Gasteiger partial charge in [0.25, 0.3) is 0 Å². The molecule has 4 nitrogen and oxygen atoms in total. The van der Waals surface area contributed by atoms with E-state index in [1.807, 2.05) is 30.3 Å². The maximum absolute atomic E-state index is 10.9. The van der Waals surface area contributed by atoms with Crippen LogP contribution in [-0.2, 0) is 9.53 Å². The van der Waals surface area contributed by atoms with E-state index in [0.717, 1.165) is 11.8 Å². The van der Waals surface area contributed by atoms with Crippen LogP contribution in [0.1, 0.15) is 24.3 Å².